The second-order valence-corrected chi connectivity index (χ2v) is 7.48. The SMILES string of the molecule is O=C(N[C@@H](N1CCCC1)C(Cl)(Cl)Cl)c1cccc(Cl)c1. The van der Waals surface area contributed by atoms with Crippen molar-refractivity contribution >= 4 is 52.3 Å². The van der Waals surface area contributed by atoms with Gasteiger partial charge in [-0.3, -0.25) is 9.69 Å². The molecule has 1 saturated heterocycles. The molecule has 7 heteroatoms. The van der Waals surface area contributed by atoms with Crippen molar-refractivity contribution < 1.29 is 4.79 Å². The van der Waals surface area contributed by atoms with Crippen LogP contribution in [0.1, 0.15) is 23.2 Å². The molecule has 0 unspecified atom stereocenters. The molecule has 1 aliphatic rings. The van der Waals surface area contributed by atoms with Gasteiger partial charge in [0.15, 0.2) is 0 Å². The molecule has 0 spiro atoms. The minimum atomic E-state index is -1.58. The first-order valence-electron chi connectivity index (χ1n) is 6.25. The number of carbonyl (C=O) groups is 1. The number of amides is 1. The van der Waals surface area contributed by atoms with Crippen LogP contribution in [0, 0.1) is 0 Å². The predicted octanol–water partition coefficient (Wildman–Crippen LogP) is 3.86. The molecule has 1 amide bonds. The lowest BCUT2D eigenvalue weighted by molar-refractivity contribution is 0.0874. The molecule has 20 heavy (non-hydrogen) atoms. The third-order valence-electron chi connectivity index (χ3n) is 3.17. The number of rotatable bonds is 3. The number of halogens is 4. The van der Waals surface area contributed by atoms with Crippen LogP contribution in [-0.2, 0) is 0 Å². The number of carbonyl (C=O) groups excluding carboxylic acids is 1. The quantitative estimate of drug-likeness (QED) is 0.835. The minimum Gasteiger partial charge on any atom is -0.332 e. The van der Waals surface area contributed by atoms with E-state index >= 15 is 0 Å². The predicted molar refractivity (Wildman–Crippen MR) is 83.8 cm³/mol. The normalized spacial score (nSPS) is 18.0. The summed E-state index contributed by atoms with van der Waals surface area (Å²) in [4.78, 5) is 14.2. The summed E-state index contributed by atoms with van der Waals surface area (Å²) in [6.07, 6.45) is 1.41. The molecule has 1 aliphatic heterocycles. The fourth-order valence-electron chi connectivity index (χ4n) is 2.22. The van der Waals surface area contributed by atoms with E-state index in [1.807, 2.05) is 4.90 Å². The molecule has 0 radical (unpaired) electrons. The fraction of sp³-hybridized carbons (Fsp3) is 0.462. The van der Waals surface area contributed by atoms with E-state index < -0.39 is 9.96 Å². The monoisotopic (exact) mass is 354 g/mol. The number of likely N-dealkylation sites (tertiary alicyclic amines) is 1. The second-order valence-electron chi connectivity index (χ2n) is 4.67. The number of nitrogens with one attached hydrogen (secondary N) is 1. The molecule has 3 nitrogen and oxygen atoms in total. The van der Waals surface area contributed by atoms with Crippen LogP contribution in [0.5, 0.6) is 0 Å². The summed E-state index contributed by atoms with van der Waals surface area (Å²) in [7, 11) is 0. The van der Waals surface area contributed by atoms with Gasteiger partial charge in [-0.2, -0.15) is 0 Å². The summed E-state index contributed by atoms with van der Waals surface area (Å²) in [5.74, 6) is -0.310. The maximum atomic E-state index is 12.2. The van der Waals surface area contributed by atoms with Gasteiger partial charge in [-0.1, -0.05) is 52.5 Å². The van der Waals surface area contributed by atoms with E-state index in [0.29, 0.717) is 10.6 Å². The van der Waals surface area contributed by atoms with E-state index in [0.717, 1.165) is 25.9 Å². The van der Waals surface area contributed by atoms with Gasteiger partial charge in [0.1, 0.15) is 6.17 Å². The van der Waals surface area contributed by atoms with Crippen LogP contribution >= 0.6 is 46.4 Å². The Hall–Kier alpha value is -0.190. The maximum absolute atomic E-state index is 12.2. The summed E-state index contributed by atoms with van der Waals surface area (Å²) in [6, 6.07) is 6.65. The average molecular weight is 356 g/mol. The number of nitrogens with zero attached hydrogens (tertiary/aromatic N) is 1. The Bertz CT molecular complexity index is 484. The molecular formula is C13H14Cl4N2O. The van der Waals surface area contributed by atoms with Gasteiger partial charge in [-0.05, 0) is 31.0 Å². The Morgan fingerprint density at radius 3 is 2.45 bits per heavy atom. The second kappa shape index (κ2) is 6.71. The van der Waals surface area contributed by atoms with Gasteiger partial charge < -0.3 is 5.32 Å². The van der Waals surface area contributed by atoms with Crippen molar-refractivity contribution in [2.45, 2.75) is 22.8 Å². The zero-order valence-electron chi connectivity index (χ0n) is 10.6. The van der Waals surface area contributed by atoms with Crippen LogP contribution in [-0.4, -0.2) is 33.9 Å². The summed E-state index contributed by atoms with van der Waals surface area (Å²) < 4.78 is -1.58. The standard InChI is InChI=1S/C13H14Cl4N2O/c14-10-5-3-4-9(8-10)11(20)18-12(13(15,16)17)19-6-1-2-7-19/h3-5,8,12H,1-2,6-7H2,(H,18,20)/t12-/m0/s1. The topological polar surface area (TPSA) is 32.3 Å². The molecule has 0 bridgehead atoms. The first kappa shape index (κ1) is 16.2. The average Bonchev–Trinajstić information content (AvgIpc) is 2.87. The molecule has 0 aliphatic carbocycles. The van der Waals surface area contributed by atoms with Crippen LogP contribution in [0.4, 0.5) is 0 Å². The molecule has 1 N–H and O–H groups in total. The van der Waals surface area contributed by atoms with Gasteiger partial charge in [0, 0.05) is 23.7 Å². The van der Waals surface area contributed by atoms with Gasteiger partial charge >= 0.3 is 0 Å². The number of alkyl halides is 3. The molecule has 0 aromatic heterocycles. The fourth-order valence-corrected chi connectivity index (χ4v) is 2.99. The van der Waals surface area contributed by atoms with Gasteiger partial charge in [0.25, 0.3) is 5.91 Å². The van der Waals surface area contributed by atoms with Crippen molar-refractivity contribution in [2.24, 2.45) is 0 Å². The molecule has 1 aromatic rings. The maximum Gasteiger partial charge on any atom is 0.252 e. The molecule has 1 aromatic carbocycles. The van der Waals surface area contributed by atoms with E-state index in [2.05, 4.69) is 5.32 Å². The van der Waals surface area contributed by atoms with Gasteiger partial charge in [0.05, 0.1) is 0 Å². The van der Waals surface area contributed by atoms with Crippen LogP contribution in [0.25, 0.3) is 0 Å². The van der Waals surface area contributed by atoms with Crippen LogP contribution in [0.2, 0.25) is 5.02 Å². The van der Waals surface area contributed by atoms with Crippen molar-refractivity contribution in [3.63, 3.8) is 0 Å². The highest BCUT2D eigenvalue weighted by atomic mass is 35.6. The molecule has 1 atom stereocenters. The molecule has 2 rings (SSSR count). The van der Waals surface area contributed by atoms with Crippen molar-refractivity contribution in [1.29, 1.82) is 0 Å². The van der Waals surface area contributed by atoms with Crippen LogP contribution < -0.4 is 5.32 Å². The zero-order chi connectivity index (χ0) is 14.8. The summed E-state index contributed by atoms with van der Waals surface area (Å²) in [5.41, 5.74) is 0.441. The van der Waals surface area contributed by atoms with E-state index in [4.69, 9.17) is 46.4 Å². The Balaban J connectivity index is 2.13. The third kappa shape index (κ3) is 4.15. The number of benzene rings is 1. The highest BCUT2D eigenvalue weighted by Gasteiger charge is 2.39. The van der Waals surface area contributed by atoms with Gasteiger partial charge in [0.2, 0.25) is 3.79 Å². The first-order valence-corrected chi connectivity index (χ1v) is 7.76. The van der Waals surface area contributed by atoms with E-state index in [9.17, 15) is 4.79 Å². The first-order chi connectivity index (χ1) is 9.38. The largest absolute Gasteiger partial charge is 0.332 e. The van der Waals surface area contributed by atoms with Crippen molar-refractivity contribution in [2.75, 3.05) is 13.1 Å². The van der Waals surface area contributed by atoms with E-state index in [1.165, 1.54) is 0 Å². The van der Waals surface area contributed by atoms with E-state index in [1.54, 1.807) is 24.3 Å². The zero-order valence-corrected chi connectivity index (χ0v) is 13.6. The molecule has 1 heterocycles. The highest BCUT2D eigenvalue weighted by molar-refractivity contribution is 6.68. The van der Waals surface area contributed by atoms with Crippen LogP contribution in [0.15, 0.2) is 24.3 Å². The van der Waals surface area contributed by atoms with Gasteiger partial charge in [-0.15, -0.1) is 0 Å². The van der Waals surface area contributed by atoms with Crippen molar-refractivity contribution in [3.8, 4) is 0 Å². The smallest absolute Gasteiger partial charge is 0.252 e. The Labute approximate surface area is 138 Å². The molecular weight excluding hydrogens is 342 g/mol. The third-order valence-corrected chi connectivity index (χ3v) is 4.03. The number of hydrogen-bond donors (Lipinski definition) is 1. The van der Waals surface area contributed by atoms with Crippen molar-refractivity contribution in [3.05, 3.63) is 34.9 Å². The highest BCUT2D eigenvalue weighted by Crippen LogP contribution is 2.33. The lowest BCUT2D eigenvalue weighted by Gasteiger charge is -2.33. The van der Waals surface area contributed by atoms with Gasteiger partial charge in [-0.25, -0.2) is 0 Å². The van der Waals surface area contributed by atoms with E-state index in [-0.39, 0.29) is 5.91 Å². The summed E-state index contributed by atoms with van der Waals surface area (Å²) in [6.45, 7) is 1.60. The lowest BCUT2D eigenvalue weighted by Crippen LogP contribution is -2.54. The Morgan fingerprint density at radius 1 is 1.25 bits per heavy atom. The lowest BCUT2D eigenvalue weighted by atomic mass is 10.2. The summed E-state index contributed by atoms with van der Waals surface area (Å²) in [5, 5.41) is 3.26. The van der Waals surface area contributed by atoms with Crippen molar-refractivity contribution in [1.82, 2.24) is 10.2 Å². The Morgan fingerprint density at radius 2 is 1.90 bits per heavy atom. The molecule has 1 fully saturated rings. The minimum absolute atomic E-state index is 0.310. The molecule has 110 valence electrons. The molecule has 0 saturated carbocycles. The number of hydrogen-bond acceptors (Lipinski definition) is 2. The summed E-state index contributed by atoms with van der Waals surface area (Å²) >= 11 is 23.8. The Kier molecular flexibility index (Phi) is 5.43. The van der Waals surface area contributed by atoms with Crippen LogP contribution in [0.3, 0.4) is 0 Å².